The first kappa shape index (κ1) is 13.7. The summed E-state index contributed by atoms with van der Waals surface area (Å²) in [5.74, 6) is 1.28. The third kappa shape index (κ3) is 3.64. The van der Waals surface area contributed by atoms with Gasteiger partial charge >= 0.3 is 0 Å². The van der Waals surface area contributed by atoms with E-state index in [9.17, 15) is 5.11 Å². The van der Waals surface area contributed by atoms with Gasteiger partial charge in [-0.3, -0.25) is 0 Å². The molecule has 2 N–H and O–H groups in total. The fraction of sp³-hybridized carbons (Fsp3) is 0.312. The molecule has 21 heavy (non-hydrogen) atoms. The number of rotatable bonds is 4. The predicted octanol–water partition coefficient (Wildman–Crippen LogP) is 2.24. The number of aromatic hydroxyl groups is 1. The van der Waals surface area contributed by atoms with E-state index in [0.29, 0.717) is 6.54 Å². The number of anilines is 2. The first-order chi connectivity index (χ1) is 10.3. The highest BCUT2D eigenvalue weighted by Crippen LogP contribution is 2.16. The van der Waals surface area contributed by atoms with E-state index < -0.39 is 0 Å². The second kappa shape index (κ2) is 6.45. The number of hydrogen-bond donors (Lipinski definition) is 2. The summed E-state index contributed by atoms with van der Waals surface area (Å²) in [5, 5.41) is 12.6. The lowest BCUT2D eigenvalue weighted by molar-refractivity contribution is 0.122. The summed E-state index contributed by atoms with van der Waals surface area (Å²) < 4.78 is 5.34. The van der Waals surface area contributed by atoms with E-state index in [2.05, 4.69) is 15.2 Å². The SMILES string of the molecule is Oc1ccc(CNc2ccc(N3CCOCC3)nc2)cc1. The minimum absolute atomic E-state index is 0.287. The maximum atomic E-state index is 9.25. The van der Waals surface area contributed by atoms with Crippen LogP contribution in [0.2, 0.25) is 0 Å². The van der Waals surface area contributed by atoms with Crippen molar-refractivity contribution >= 4 is 11.5 Å². The molecule has 1 aliphatic heterocycles. The number of phenols is 1. The molecule has 0 saturated carbocycles. The van der Waals surface area contributed by atoms with Gasteiger partial charge in [0.25, 0.3) is 0 Å². The average Bonchev–Trinajstić information content (AvgIpc) is 2.56. The van der Waals surface area contributed by atoms with Crippen LogP contribution in [0.15, 0.2) is 42.6 Å². The Balaban J connectivity index is 1.57. The first-order valence-corrected chi connectivity index (χ1v) is 7.12. The zero-order valence-electron chi connectivity index (χ0n) is 11.8. The van der Waals surface area contributed by atoms with Gasteiger partial charge in [-0.05, 0) is 29.8 Å². The summed E-state index contributed by atoms with van der Waals surface area (Å²) in [4.78, 5) is 6.73. The van der Waals surface area contributed by atoms with Crippen molar-refractivity contribution in [3.8, 4) is 5.75 Å². The van der Waals surface area contributed by atoms with Gasteiger partial charge in [0.05, 0.1) is 25.1 Å². The molecule has 0 bridgehead atoms. The van der Waals surface area contributed by atoms with Crippen molar-refractivity contribution in [1.29, 1.82) is 0 Å². The fourth-order valence-corrected chi connectivity index (χ4v) is 2.29. The number of nitrogens with one attached hydrogen (secondary N) is 1. The summed E-state index contributed by atoms with van der Waals surface area (Å²) in [6.45, 7) is 4.03. The number of pyridine rings is 1. The largest absolute Gasteiger partial charge is 0.508 e. The van der Waals surface area contributed by atoms with Crippen molar-refractivity contribution < 1.29 is 9.84 Å². The van der Waals surface area contributed by atoms with Gasteiger partial charge in [0, 0.05) is 19.6 Å². The molecule has 1 fully saturated rings. The van der Waals surface area contributed by atoms with Gasteiger partial charge in [-0.25, -0.2) is 4.98 Å². The third-order valence-corrected chi connectivity index (χ3v) is 3.52. The molecule has 3 rings (SSSR count). The van der Waals surface area contributed by atoms with Crippen LogP contribution in [-0.2, 0) is 11.3 Å². The molecule has 2 heterocycles. The lowest BCUT2D eigenvalue weighted by Gasteiger charge is -2.27. The van der Waals surface area contributed by atoms with Crippen molar-refractivity contribution in [2.75, 3.05) is 36.5 Å². The molecule has 110 valence electrons. The summed E-state index contributed by atoms with van der Waals surface area (Å²) >= 11 is 0. The molecular weight excluding hydrogens is 266 g/mol. The summed E-state index contributed by atoms with van der Waals surface area (Å²) in [6, 6.07) is 11.3. The standard InChI is InChI=1S/C16H19N3O2/c20-15-4-1-13(2-5-15)11-17-14-3-6-16(18-12-14)19-7-9-21-10-8-19/h1-6,12,17,20H,7-11H2. The number of benzene rings is 1. The molecule has 5 heteroatoms. The molecule has 1 aliphatic rings. The number of hydrogen-bond acceptors (Lipinski definition) is 5. The van der Waals surface area contributed by atoms with Crippen LogP contribution in [0.4, 0.5) is 11.5 Å². The molecule has 1 saturated heterocycles. The Kier molecular flexibility index (Phi) is 4.21. The van der Waals surface area contributed by atoms with Crippen LogP contribution < -0.4 is 10.2 Å². The van der Waals surface area contributed by atoms with Crippen LogP contribution in [-0.4, -0.2) is 36.4 Å². The Morgan fingerprint density at radius 2 is 1.86 bits per heavy atom. The molecule has 0 spiro atoms. The number of aromatic nitrogens is 1. The van der Waals surface area contributed by atoms with E-state index in [1.54, 1.807) is 12.1 Å². The minimum Gasteiger partial charge on any atom is -0.508 e. The number of nitrogens with zero attached hydrogens (tertiary/aromatic N) is 2. The van der Waals surface area contributed by atoms with Crippen molar-refractivity contribution in [3.05, 3.63) is 48.2 Å². The van der Waals surface area contributed by atoms with Crippen molar-refractivity contribution in [1.82, 2.24) is 4.98 Å². The molecule has 5 nitrogen and oxygen atoms in total. The molecule has 0 unspecified atom stereocenters. The predicted molar refractivity (Wildman–Crippen MR) is 82.7 cm³/mol. The Bertz CT molecular complexity index is 563. The fourth-order valence-electron chi connectivity index (χ4n) is 2.29. The van der Waals surface area contributed by atoms with Crippen molar-refractivity contribution in [2.24, 2.45) is 0 Å². The molecule has 2 aromatic rings. The summed E-state index contributed by atoms with van der Waals surface area (Å²) in [7, 11) is 0. The zero-order chi connectivity index (χ0) is 14.5. The van der Waals surface area contributed by atoms with E-state index in [4.69, 9.17) is 4.74 Å². The van der Waals surface area contributed by atoms with E-state index in [0.717, 1.165) is 43.4 Å². The molecule has 0 radical (unpaired) electrons. The monoisotopic (exact) mass is 285 g/mol. The Labute approximate surface area is 124 Å². The Morgan fingerprint density at radius 1 is 1.10 bits per heavy atom. The molecule has 1 aromatic heterocycles. The first-order valence-electron chi connectivity index (χ1n) is 7.12. The van der Waals surface area contributed by atoms with Gasteiger partial charge < -0.3 is 20.1 Å². The van der Waals surface area contributed by atoms with Crippen molar-refractivity contribution in [3.63, 3.8) is 0 Å². The van der Waals surface area contributed by atoms with E-state index in [1.807, 2.05) is 30.5 Å². The maximum absolute atomic E-state index is 9.25. The molecular formula is C16H19N3O2. The van der Waals surface area contributed by atoms with Crippen LogP contribution in [0.5, 0.6) is 5.75 Å². The zero-order valence-corrected chi connectivity index (χ0v) is 11.8. The van der Waals surface area contributed by atoms with Crippen LogP contribution >= 0.6 is 0 Å². The highest BCUT2D eigenvalue weighted by atomic mass is 16.5. The van der Waals surface area contributed by atoms with Crippen molar-refractivity contribution in [2.45, 2.75) is 6.54 Å². The van der Waals surface area contributed by atoms with E-state index >= 15 is 0 Å². The highest BCUT2D eigenvalue weighted by molar-refractivity contribution is 5.49. The van der Waals surface area contributed by atoms with E-state index in [1.165, 1.54) is 0 Å². The topological polar surface area (TPSA) is 57.6 Å². The third-order valence-electron chi connectivity index (χ3n) is 3.52. The number of phenolic OH excluding ortho intramolecular Hbond substituents is 1. The molecule has 1 aromatic carbocycles. The summed E-state index contributed by atoms with van der Waals surface area (Å²) in [6.07, 6.45) is 1.85. The normalized spacial score (nSPS) is 15.0. The second-order valence-electron chi connectivity index (χ2n) is 5.02. The molecule has 0 aliphatic carbocycles. The molecule has 0 amide bonds. The van der Waals surface area contributed by atoms with Gasteiger partial charge in [0.2, 0.25) is 0 Å². The highest BCUT2D eigenvalue weighted by Gasteiger charge is 2.11. The molecule has 0 atom stereocenters. The minimum atomic E-state index is 0.287. The lowest BCUT2D eigenvalue weighted by Crippen LogP contribution is -2.36. The van der Waals surface area contributed by atoms with Crippen LogP contribution in [0.25, 0.3) is 0 Å². The van der Waals surface area contributed by atoms with Gasteiger partial charge in [0.15, 0.2) is 0 Å². The maximum Gasteiger partial charge on any atom is 0.128 e. The smallest absolute Gasteiger partial charge is 0.128 e. The van der Waals surface area contributed by atoms with Crippen LogP contribution in [0.3, 0.4) is 0 Å². The van der Waals surface area contributed by atoms with Gasteiger partial charge in [0.1, 0.15) is 11.6 Å². The average molecular weight is 285 g/mol. The Hall–Kier alpha value is -2.27. The number of morpholine rings is 1. The van der Waals surface area contributed by atoms with Gasteiger partial charge in [-0.1, -0.05) is 12.1 Å². The second-order valence-corrected chi connectivity index (χ2v) is 5.02. The number of ether oxygens (including phenoxy) is 1. The van der Waals surface area contributed by atoms with E-state index in [-0.39, 0.29) is 5.75 Å². The van der Waals surface area contributed by atoms with Crippen LogP contribution in [0, 0.1) is 0 Å². The van der Waals surface area contributed by atoms with Gasteiger partial charge in [-0.15, -0.1) is 0 Å². The lowest BCUT2D eigenvalue weighted by atomic mass is 10.2. The quantitative estimate of drug-likeness (QED) is 0.902. The van der Waals surface area contributed by atoms with Gasteiger partial charge in [-0.2, -0.15) is 0 Å². The van der Waals surface area contributed by atoms with Crippen LogP contribution in [0.1, 0.15) is 5.56 Å². The summed E-state index contributed by atoms with van der Waals surface area (Å²) in [5.41, 5.74) is 2.10. The Morgan fingerprint density at radius 3 is 2.52 bits per heavy atom.